The fraction of sp³-hybridized carbons (Fsp3) is 0.571. The molecule has 1 aromatic rings. The summed E-state index contributed by atoms with van der Waals surface area (Å²) in [4.78, 5) is 0. The van der Waals surface area contributed by atoms with Crippen molar-refractivity contribution in [3.05, 3.63) is 34.1 Å². The zero-order chi connectivity index (χ0) is 12.3. The van der Waals surface area contributed by atoms with E-state index in [1.165, 1.54) is 19.3 Å². The maximum Gasteiger partial charge on any atom is 0.127 e. The lowest BCUT2D eigenvalue weighted by molar-refractivity contribution is 0.292. The first kappa shape index (κ1) is 13.0. The van der Waals surface area contributed by atoms with Crippen molar-refractivity contribution in [3.63, 3.8) is 0 Å². The number of piperidine rings is 1. The van der Waals surface area contributed by atoms with Gasteiger partial charge in [0.2, 0.25) is 0 Å². The predicted octanol–water partition coefficient (Wildman–Crippen LogP) is 3.91. The lowest BCUT2D eigenvalue weighted by atomic mass is 9.87. The van der Waals surface area contributed by atoms with Crippen LogP contribution in [0.4, 0.5) is 4.39 Å². The number of nitrogens with one attached hydrogen (secondary N) is 1. The van der Waals surface area contributed by atoms with Gasteiger partial charge in [-0.25, -0.2) is 4.39 Å². The van der Waals surface area contributed by atoms with Gasteiger partial charge in [-0.15, -0.1) is 0 Å². The van der Waals surface area contributed by atoms with E-state index in [4.69, 9.17) is 0 Å². The molecule has 17 heavy (non-hydrogen) atoms. The normalized spacial score (nSPS) is 24.9. The molecule has 1 aliphatic heterocycles. The van der Waals surface area contributed by atoms with Crippen molar-refractivity contribution < 1.29 is 4.39 Å². The largest absolute Gasteiger partial charge is 0.314 e. The van der Waals surface area contributed by atoms with Gasteiger partial charge in [0.25, 0.3) is 0 Å². The Morgan fingerprint density at radius 2 is 2.29 bits per heavy atom. The van der Waals surface area contributed by atoms with Crippen LogP contribution in [0.25, 0.3) is 0 Å². The minimum atomic E-state index is -0.0974. The molecule has 1 nitrogen and oxygen atoms in total. The van der Waals surface area contributed by atoms with E-state index in [2.05, 4.69) is 28.2 Å². The van der Waals surface area contributed by atoms with E-state index >= 15 is 0 Å². The van der Waals surface area contributed by atoms with Crippen molar-refractivity contribution in [1.82, 2.24) is 5.32 Å². The molecule has 3 heteroatoms. The van der Waals surface area contributed by atoms with Crippen LogP contribution in [0.5, 0.6) is 0 Å². The third kappa shape index (κ3) is 3.52. The molecule has 1 aliphatic rings. The molecule has 0 aromatic heterocycles. The van der Waals surface area contributed by atoms with E-state index in [0.29, 0.717) is 6.04 Å². The van der Waals surface area contributed by atoms with Gasteiger partial charge in [0.1, 0.15) is 5.82 Å². The summed E-state index contributed by atoms with van der Waals surface area (Å²) in [5.74, 6) is 0.708. The van der Waals surface area contributed by atoms with Crippen LogP contribution in [-0.2, 0) is 6.42 Å². The molecule has 0 aliphatic carbocycles. The summed E-state index contributed by atoms with van der Waals surface area (Å²) < 4.78 is 14.5. The van der Waals surface area contributed by atoms with Crippen molar-refractivity contribution in [2.75, 3.05) is 6.54 Å². The average Bonchev–Trinajstić information content (AvgIpc) is 2.33. The van der Waals surface area contributed by atoms with E-state index < -0.39 is 0 Å². The second kappa shape index (κ2) is 5.96. The highest BCUT2D eigenvalue weighted by Gasteiger charge is 2.21. The van der Waals surface area contributed by atoms with Gasteiger partial charge in [-0.05, 0) is 49.4 Å². The molecule has 1 N–H and O–H groups in total. The highest BCUT2D eigenvalue weighted by molar-refractivity contribution is 9.10. The van der Waals surface area contributed by atoms with E-state index in [-0.39, 0.29) is 5.82 Å². The number of benzene rings is 1. The van der Waals surface area contributed by atoms with Gasteiger partial charge in [-0.3, -0.25) is 0 Å². The van der Waals surface area contributed by atoms with Crippen molar-refractivity contribution >= 4 is 15.9 Å². The van der Waals surface area contributed by atoms with Crippen molar-refractivity contribution in [1.29, 1.82) is 0 Å². The van der Waals surface area contributed by atoms with Crippen LogP contribution in [0.3, 0.4) is 0 Å². The van der Waals surface area contributed by atoms with Crippen LogP contribution < -0.4 is 5.32 Å². The van der Waals surface area contributed by atoms with Crippen molar-refractivity contribution in [2.45, 2.75) is 38.6 Å². The fourth-order valence-electron chi connectivity index (χ4n) is 2.57. The van der Waals surface area contributed by atoms with Gasteiger partial charge in [0.05, 0.1) is 0 Å². The molecule has 1 heterocycles. The standard InChI is InChI=1S/C14H19BrFN/c1-2-10-5-6-17-13(7-10)8-11-3-4-12(15)9-14(11)16/h3-4,9-10,13,17H,2,5-8H2,1H3. The van der Waals surface area contributed by atoms with Gasteiger partial charge in [-0.2, -0.15) is 0 Å². The third-order valence-corrected chi connectivity index (χ3v) is 4.16. The van der Waals surface area contributed by atoms with E-state index in [1.54, 1.807) is 6.07 Å². The number of halogens is 2. The average molecular weight is 300 g/mol. The minimum Gasteiger partial charge on any atom is -0.314 e. The molecule has 2 rings (SSSR count). The van der Waals surface area contributed by atoms with Gasteiger partial charge in [-0.1, -0.05) is 35.3 Å². The lowest BCUT2D eigenvalue weighted by Gasteiger charge is -2.30. The summed E-state index contributed by atoms with van der Waals surface area (Å²) in [5.41, 5.74) is 0.822. The zero-order valence-electron chi connectivity index (χ0n) is 10.2. The summed E-state index contributed by atoms with van der Waals surface area (Å²) in [6, 6.07) is 5.79. The number of rotatable bonds is 3. The second-order valence-corrected chi connectivity index (χ2v) is 5.81. The van der Waals surface area contributed by atoms with E-state index in [9.17, 15) is 4.39 Å². The first-order valence-electron chi connectivity index (χ1n) is 6.36. The van der Waals surface area contributed by atoms with Gasteiger partial charge in [0, 0.05) is 10.5 Å². The maximum atomic E-state index is 13.7. The smallest absolute Gasteiger partial charge is 0.127 e. The monoisotopic (exact) mass is 299 g/mol. The van der Waals surface area contributed by atoms with Crippen LogP contribution in [0.2, 0.25) is 0 Å². The molecule has 0 spiro atoms. The first-order valence-corrected chi connectivity index (χ1v) is 7.15. The van der Waals surface area contributed by atoms with Crippen LogP contribution in [0, 0.1) is 11.7 Å². The van der Waals surface area contributed by atoms with Crippen molar-refractivity contribution in [2.24, 2.45) is 5.92 Å². The summed E-state index contributed by atoms with van der Waals surface area (Å²) >= 11 is 3.29. The summed E-state index contributed by atoms with van der Waals surface area (Å²) in [5, 5.41) is 3.50. The Hall–Kier alpha value is -0.410. The zero-order valence-corrected chi connectivity index (χ0v) is 11.8. The summed E-state index contributed by atoms with van der Waals surface area (Å²) in [6.07, 6.45) is 4.47. The van der Waals surface area contributed by atoms with E-state index in [1.807, 2.05) is 12.1 Å². The third-order valence-electron chi connectivity index (χ3n) is 3.66. The van der Waals surface area contributed by atoms with Crippen LogP contribution in [-0.4, -0.2) is 12.6 Å². The van der Waals surface area contributed by atoms with Gasteiger partial charge in [0.15, 0.2) is 0 Å². The Bertz CT molecular complexity index is 380. The topological polar surface area (TPSA) is 12.0 Å². The molecule has 0 saturated carbocycles. The fourth-order valence-corrected chi connectivity index (χ4v) is 2.91. The highest BCUT2D eigenvalue weighted by atomic mass is 79.9. The first-order chi connectivity index (χ1) is 8.19. The maximum absolute atomic E-state index is 13.7. The molecule has 1 saturated heterocycles. The van der Waals surface area contributed by atoms with Crippen LogP contribution >= 0.6 is 15.9 Å². The van der Waals surface area contributed by atoms with Crippen molar-refractivity contribution in [3.8, 4) is 0 Å². The van der Waals surface area contributed by atoms with Crippen LogP contribution in [0.15, 0.2) is 22.7 Å². The Labute approximate surface area is 111 Å². The highest BCUT2D eigenvalue weighted by Crippen LogP contribution is 2.23. The molecule has 0 radical (unpaired) electrons. The molecule has 94 valence electrons. The molecule has 0 amide bonds. The second-order valence-electron chi connectivity index (χ2n) is 4.89. The minimum absolute atomic E-state index is 0.0974. The summed E-state index contributed by atoms with van der Waals surface area (Å²) in [7, 11) is 0. The SMILES string of the molecule is CCC1CCNC(Cc2ccc(Br)cc2F)C1. The molecule has 2 atom stereocenters. The molecule has 1 fully saturated rings. The molecular formula is C14H19BrFN. The number of hydrogen-bond donors (Lipinski definition) is 1. The quantitative estimate of drug-likeness (QED) is 0.892. The Morgan fingerprint density at radius 3 is 3.00 bits per heavy atom. The summed E-state index contributed by atoms with van der Waals surface area (Å²) in [6.45, 7) is 3.31. The predicted molar refractivity (Wildman–Crippen MR) is 72.6 cm³/mol. The molecule has 2 unspecified atom stereocenters. The van der Waals surface area contributed by atoms with Gasteiger partial charge < -0.3 is 5.32 Å². The molecule has 1 aromatic carbocycles. The van der Waals surface area contributed by atoms with Crippen LogP contribution in [0.1, 0.15) is 31.7 Å². The van der Waals surface area contributed by atoms with Gasteiger partial charge >= 0.3 is 0 Å². The molecular weight excluding hydrogens is 281 g/mol. The number of hydrogen-bond acceptors (Lipinski definition) is 1. The molecule has 0 bridgehead atoms. The lowest BCUT2D eigenvalue weighted by Crippen LogP contribution is -2.39. The van der Waals surface area contributed by atoms with E-state index in [0.717, 1.165) is 28.9 Å². The Balaban J connectivity index is 2.00. The Kier molecular flexibility index (Phi) is 4.57. The Morgan fingerprint density at radius 1 is 1.47 bits per heavy atom.